The van der Waals surface area contributed by atoms with Gasteiger partial charge in [0.25, 0.3) is 5.91 Å². The summed E-state index contributed by atoms with van der Waals surface area (Å²) in [5.41, 5.74) is 3.19. The molecule has 0 fully saturated rings. The Bertz CT molecular complexity index is 1060. The van der Waals surface area contributed by atoms with Crippen molar-refractivity contribution in [3.05, 3.63) is 95.1 Å². The van der Waals surface area contributed by atoms with Gasteiger partial charge in [0.05, 0.1) is 11.6 Å². The fourth-order valence-electron chi connectivity index (χ4n) is 2.80. The molecule has 5 heteroatoms. The first kappa shape index (κ1) is 19.8. The largest absolute Gasteiger partial charge is 0.486 e. The second-order valence-corrected chi connectivity index (χ2v) is 6.61. The lowest BCUT2D eigenvalue weighted by Crippen LogP contribution is -2.12. The van der Waals surface area contributed by atoms with Crippen molar-refractivity contribution in [3.63, 3.8) is 0 Å². The van der Waals surface area contributed by atoms with E-state index in [1.54, 1.807) is 60.7 Å². The van der Waals surface area contributed by atoms with Crippen molar-refractivity contribution < 1.29 is 14.3 Å². The van der Waals surface area contributed by atoms with E-state index in [4.69, 9.17) is 10.00 Å². The van der Waals surface area contributed by atoms with Crippen molar-refractivity contribution in [2.75, 3.05) is 5.32 Å². The fraction of sp³-hybridized carbons (Fsp3) is 0.125. The monoisotopic (exact) mass is 384 g/mol. The van der Waals surface area contributed by atoms with Crippen LogP contribution in [0.5, 0.6) is 5.75 Å². The molecule has 0 aliphatic carbocycles. The summed E-state index contributed by atoms with van der Waals surface area (Å²) in [6, 6.07) is 22.9. The number of nitrogens with one attached hydrogen (secondary N) is 1. The molecule has 0 aromatic heterocycles. The van der Waals surface area contributed by atoms with Crippen molar-refractivity contribution in [1.29, 1.82) is 5.26 Å². The molecule has 0 bridgehead atoms. The molecule has 3 aromatic rings. The topological polar surface area (TPSA) is 79.2 Å². The average molecular weight is 384 g/mol. The molecule has 1 N–H and O–H groups in total. The summed E-state index contributed by atoms with van der Waals surface area (Å²) in [6.45, 7) is 3.44. The van der Waals surface area contributed by atoms with Gasteiger partial charge in [-0.25, -0.2) is 0 Å². The van der Waals surface area contributed by atoms with Gasteiger partial charge in [-0.2, -0.15) is 5.26 Å². The summed E-state index contributed by atoms with van der Waals surface area (Å²) in [4.78, 5) is 23.9. The minimum atomic E-state index is -0.265. The third kappa shape index (κ3) is 5.08. The van der Waals surface area contributed by atoms with E-state index in [1.165, 1.54) is 6.92 Å². The molecule has 1 unspecified atom stereocenters. The van der Waals surface area contributed by atoms with Crippen LogP contribution in [0.1, 0.15) is 51.8 Å². The number of nitrogens with zero attached hydrogens (tertiary/aromatic N) is 1. The SMILES string of the molecule is CC(=O)c1ccc(C(C)Oc2cccc(C(=O)Nc3ccc(C#N)cc3)c2)cc1. The van der Waals surface area contributed by atoms with Crippen LogP contribution in [0.15, 0.2) is 72.8 Å². The van der Waals surface area contributed by atoms with Crippen molar-refractivity contribution in [1.82, 2.24) is 0 Å². The lowest BCUT2D eigenvalue weighted by Gasteiger charge is -2.16. The van der Waals surface area contributed by atoms with Gasteiger partial charge in [0.2, 0.25) is 0 Å². The van der Waals surface area contributed by atoms with Gasteiger partial charge >= 0.3 is 0 Å². The summed E-state index contributed by atoms with van der Waals surface area (Å²) < 4.78 is 5.97. The third-order valence-corrected chi connectivity index (χ3v) is 4.47. The first-order chi connectivity index (χ1) is 14.0. The van der Waals surface area contributed by atoms with Crippen LogP contribution in [0, 0.1) is 11.3 Å². The number of hydrogen-bond acceptors (Lipinski definition) is 4. The lowest BCUT2D eigenvalue weighted by atomic mass is 10.1. The molecular formula is C24H20N2O3. The van der Waals surface area contributed by atoms with Crippen molar-refractivity contribution in [2.45, 2.75) is 20.0 Å². The Morgan fingerprint density at radius 3 is 2.28 bits per heavy atom. The Morgan fingerprint density at radius 2 is 1.66 bits per heavy atom. The molecule has 1 amide bonds. The van der Waals surface area contributed by atoms with Crippen LogP contribution in [-0.2, 0) is 0 Å². The minimum Gasteiger partial charge on any atom is -0.486 e. The van der Waals surface area contributed by atoms with Gasteiger partial charge in [-0.1, -0.05) is 30.3 Å². The number of amides is 1. The predicted molar refractivity (Wildman–Crippen MR) is 111 cm³/mol. The van der Waals surface area contributed by atoms with E-state index in [0.717, 1.165) is 5.56 Å². The highest BCUT2D eigenvalue weighted by Crippen LogP contribution is 2.23. The fourth-order valence-corrected chi connectivity index (χ4v) is 2.80. The Labute approximate surface area is 169 Å². The molecular weight excluding hydrogens is 364 g/mol. The number of carbonyl (C=O) groups excluding carboxylic acids is 2. The van der Waals surface area contributed by atoms with Crippen LogP contribution >= 0.6 is 0 Å². The summed E-state index contributed by atoms with van der Waals surface area (Å²) >= 11 is 0. The summed E-state index contributed by atoms with van der Waals surface area (Å²) in [5, 5.41) is 11.6. The van der Waals surface area contributed by atoms with Crippen molar-refractivity contribution in [2.24, 2.45) is 0 Å². The second kappa shape index (κ2) is 8.85. The molecule has 0 radical (unpaired) electrons. The maximum atomic E-state index is 12.5. The predicted octanol–water partition coefficient (Wildman–Crippen LogP) is 5.15. The summed E-state index contributed by atoms with van der Waals surface area (Å²) in [6.07, 6.45) is -0.243. The van der Waals surface area contributed by atoms with E-state index in [1.807, 2.05) is 25.1 Å². The van der Waals surface area contributed by atoms with E-state index >= 15 is 0 Å². The van der Waals surface area contributed by atoms with E-state index in [0.29, 0.717) is 28.1 Å². The molecule has 3 aromatic carbocycles. The Hall–Kier alpha value is -3.91. The van der Waals surface area contributed by atoms with Crippen LogP contribution in [0.3, 0.4) is 0 Å². The molecule has 0 spiro atoms. The maximum Gasteiger partial charge on any atom is 0.255 e. The van der Waals surface area contributed by atoms with Gasteiger partial charge in [-0.05, 0) is 61.9 Å². The second-order valence-electron chi connectivity index (χ2n) is 6.61. The smallest absolute Gasteiger partial charge is 0.255 e. The zero-order valence-corrected chi connectivity index (χ0v) is 16.2. The molecule has 0 saturated carbocycles. The number of Topliss-reactive ketones (excluding diaryl/α,β-unsaturated/α-hetero) is 1. The average Bonchev–Trinajstić information content (AvgIpc) is 2.74. The number of nitriles is 1. The van der Waals surface area contributed by atoms with E-state index in [2.05, 4.69) is 5.32 Å². The first-order valence-corrected chi connectivity index (χ1v) is 9.15. The van der Waals surface area contributed by atoms with Gasteiger partial charge < -0.3 is 10.1 Å². The van der Waals surface area contributed by atoms with Crippen LogP contribution in [0.25, 0.3) is 0 Å². The number of rotatable bonds is 6. The van der Waals surface area contributed by atoms with Gasteiger partial charge in [0.15, 0.2) is 5.78 Å². The highest BCUT2D eigenvalue weighted by atomic mass is 16.5. The molecule has 3 rings (SSSR count). The molecule has 29 heavy (non-hydrogen) atoms. The molecule has 144 valence electrons. The molecule has 0 saturated heterocycles. The highest BCUT2D eigenvalue weighted by molar-refractivity contribution is 6.04. The summed E-state index contributed by atoms with van der Waals surface area (Å²) in [7, 11) is 0. The number of carbonyl (C=O) groups is 2. The van der Waals surface area contributed by atoms with E-state index < -0.39 is 0 Å². The molecule has 5 nitrogen and oxygen atoms in total. The van der Waals surface area contributed by atoms with E-state index in [-0.39, 0.29) is 17.8 Å². The molecule has 1 atom stereocenters. The third-order valence-electron chi connectivity index (χ3n) is 4.47. The molecule has 0 heterocycles. The van der Waals surface area contributed by atoms with Gasteiger partial charge in [0.1, 0.15) is 11.9 Å². The Kier molecular flexibility index (Phi) is 6.06. The van der Waals surface area contributed by atoms with Crippen molar-refractivity contribution >= 4 is 17.4 Å². The van der Waals surface area contributed by atoms with Gasteiger partial charge in [-0.15, -0.1) is 0 Å². The standard InChI is InChI=1S/C24H20N2O3/c1-16(27)19-8-10-20(11-9-19)17(2)29-23-5-3-4-21(14-23)24(28)26-22-12-6-18(15-25)7-13-22/h3-14,17H,1-2H3,(H,26,28). The zero-order chi connectivity index (χ0) is 20.8. The Balaban J connectivity index is 1.68. The number of ether oxygens (including phenoxy) is 1. The normalized spacial score (nSPS) is 11.2. The first-order valence-electron chi connectivity index (χ1n) is 9.15. The van der Waals surface area contributed by atoms with Crippen LogP contribution < -0.4 is 10.1 Å². The molecule has 0 aliphatic rings. The van der Waals surface area contributed by atoms with E-state index in [9.17, 15) is 9.59 Å². The summed E-state index contributed by atoms with van der Waals surface area (Å²) in [5.74, 6) is 0.324. The van der Waals surface area contributed by atoms with Crippen molar-refractivity contribution in [3.8, 4) is 11.8 Å². The van der Waals surface area contributed by atoms with Crippen LogP contribution in [-0.4, -0.2) is 11.7 Å². The van der Waals surface area contributed by atoms with Crippen LogP contribution in [0.2, 0.25) is 0 Å². The minimum absolute atomic E-state index is 0.0195. The quantitative estimate of drug-likeness (QED) is 0.596. The zero-order valence-electron chi connectivity index (χ0n) is 16.2. The number of benzene rings is 3. The van der Waals surface area contributed by atoms with Gasteiger partial charge in [0, 0.05) is 16.8 Å². The highest BCUT2D eigenvalue weighted by Gasteiger charge is 2.11. The lowest BCUT2D eigenvalue weighted by molar-refractivity contribution is 0.101. The maximum absolute atomic E-state index is 12.5. The van der Waals surface area contributed by atoms with Crippen LogP contribution in [0.4, 0.5) is 5.69 Å². The number of hydrogen-bond donors (Lipinski definition) is 1. The van der Waals surface area contributed by atoms with Gasteiger partial charge in [-0.3, -0.25) is 9.59 Å². The number of anilines is 1. The molecule has 0 aliphatic heterocycles. The Morgan fingerprint density at radius 1 is 0.966 bits per heavy atom. The number of ketones is 1.